The van der Waals surface area contributed by atoms with Crippen LogP contribution in [0.5, 0.6) is 0 Å². The van der Waals surface area contributed by atoms with Crippen molar-refractivity contribution in [1.29, 1.82) is 0 Å². The van der Waals surface area contributed by atoms with Gasteiger partial charge in [-0.2, -0.15) is 0 Å². The van der Waals surface area contributed by atoms with Crippen LogP contribution in [0.25, 0.3) is 0 Å². The van der Waals surface area contributed by atoms with Crippen LogP contribution >= 0.6 is 23.2 Å². The van der Waals surface area contributed by atoms with E-state index >= 15 is 0 Å². The number of fused-ring (bicyclic) bond motifs is 1. The smallest absolute Gasteiger partial charge is 0.233 e. The lowest BCUT2D eigenvalue weighted by molar-refractivity contribution is -0.139. The monoisotopic (exact) mass is 488 g/mol. The first kappa shape index (κ1) is 22.9. The van der Waals surface area contributed by atoms with Gasteiger partial charge in [0.05, 0.1) is 27.3 Å². The number of carbonyl (C=O) groups excluding carboxylic acids is 1. The molecule has 176 valence electrons. The molecule has 1 saturated heterocycles. The molecule has 1 amide bonds. The largest absolute Gasteiger partial charge is 0.387 e. The molecule has 5 rings (SSSR count). The average Bonchev–Trinajstić information content (AvgIpc) is 3.14. The van der Waals surface area contributed by atoms with Gasteiger partial charge in [-0.05, 0) is 42.9 Å². The molecule has 33 heavy (non-hydrogen) atoms. The highest BCUT2D eigenvalue weighted by Crippen LogP contribution is 2.44. The van der Waals surface area contributed by atoms with Crippen molar-refractivity contribution in [2.45, 2.75) is 62.9 Å². The zero-order valence-electron chi connectivity index (χ0n) is 18.9. The lowest BCUT2D eigenvalue weighted by Gasteiger charge is -2.43. The topological polar surface area (TPSA) is 69.6 Å². The Labute approximate surface area is 204 Å². The summed E-state index contributed by atoms with van der Waals surface area (Å²) in [4.78, 5) is 27.1. The number of rotatable bonds is 3. The number of aliphatic hydroxyl groups excluding tert-OH is 1. The van der Waals surface area contributed by atoms with E-state index in [4.69, 9.17) is 23.2 Å². The summed E-state index contributed by atoms with van der Waals surface area (Å²) in [6.07, 6.45) is 6.65. The van der Waals surface area contributed by atoms with Gasteiger partial charge in [-0.1, -0.05) is 55.5 Å². The lowest BCUT2D eigenvalue weighted by Crippen LogP contribution is -2.55. The highest BCUT2D eigenvalue weighted by atomic mass is 35.5. The second-order valence-corrected chi connectivity index (χ2v) is 10.5. The van der Waals surface area contributed by atoms with Crippen LogP contribution in [0.3, 0.4) is 0 Å². The van der Waals surface area contributed by atoms with Gasteiger partial charge in [0.1, 0.15) is 12.1 Å². The van der Waals surface area contributed by atoms with Crippen LogP contribution in [0.15, 0.2) is 24.5 Å². The first-order valence-electron chi connectivity index (χ1n) is 11.9. The first-order valence-corrected chi connectivity index (χ1v) is 12.7. The van der Waals surface area contributed by atoms with Crippen molar-refractivity contribution in [1.82, 2.24) is 14.9 Å². The quantitative estimate of drug-likeness (QED) is 0.666. The number of aromatic nitrogens is 2. The molecule has 0 spiro atoms. The standard InChI is InChI=1S/C25H30Cl2N4O2/c1-16-13-20(32)22-21(16)23(29-15-28-22)30-9-11-31(12-10-30)24(33)25(7-3-2-4-8-25)17-5-6-18(26)19(27)14-17/h5-6,14-16,20,32H,2-4,7-13H2,1H3/t16-,20-/m1/s1. The maximum Gasteiger partial charge on any atom is 0.233 e. The fraction of sp³-hybridized carbons (Fsp3) is 0.560. The summed E-state index contributed by atoms with van der Waals surface area (Å²) in [6, 6.07) is 5.68. The van der Waals surface area contributed by atoms with Crippen LogP contribution in [0.2, 0.25) is 10.0 Å². The molecule has 8 heteroatoms. The number of carbonyl (C=O) groups is 1. The van der Waals surface area contributed by atoms with Crippen molar-refractivity contribution >= 4 is 34.9 Å². The van der Waals surface area contributed by atoms with Gasteiger partial charge in [0, 0.05) is 31.7 Å². The minimum Gasteiger partial charge on any atom is -0.387 e. The average molecular weight is 489 g/mol. The van der Waals surface area contributed by atoms with Crippen molar-refractivity contribution in [2.75, 3.05) is 31.1 Å². The molecule has 0 radical (unpaired) electrons. The van der Waals surface area contributed by atoms with E-state index in [9.17, 15) is 9.90 Å². The third-order valence-corrected chi connectivity index (χ3v) is 8.47. The van der Waals surface area contributed by atoms with E-state index in [2.05, 4.69) is 21.8 Å². The number of amides is 1. The number of benzene rings is 1. The Morgan fingerprint density at radius 3 is 2.48 bits per heavy atom. The molecule has 0 unspecified atom stereocenters. The summed E-state index contributed by atoms with van der Waals surface area (Å²) in [5.41, 5.74) is 2.28. The highest BCUT2D eigenvalue weighted by molar-refractivity contribution is 6.42. The van der Waals surface area contributed by atoms with Crippen molar-refractivity contribution in [3.63, 3.8) is 0 Å². The van der Waals surface area contributed by atoms with Crippen molar-refractivity contribution in [3.8, 4) is 0 Å². The summed E-state index contributed by atoms with van der Waals surface area (Å²) >= 11 is 12.5. The molecular weight excluding hydrogens is 459 g/mol. The van der Waals surface area contributed by atoms with Crippen molar-refractivity contribution < 1.29 is 9.90 Å². The summed E-state index contributed by atoms with van der Waals surface area (Å²) in [7, 11) is 0. The predicted molar refractivity (Wildman–Crippen MR) is 130 cm³/mol. The SMILES string of the molecule is C[C@@H]1C[C@@H](O)c2ncnc(N3CCN(C(=O)C4(c5ccc(Cl)c(Cl)c5)CCCCC4)CC3)c21. The zero-order chi connectivity index (χ0) is 23.2. The molecule has 1 saturated carbocycles. The Morgan fingerprint density at radius 2 is 1.79 bits per heavy atom. The second-order valence-electron chi connectivity index (χ2n) is 9.70. The summed E-state index contributed by atoms with van der Waals surface area (Å²) in [5, 5.41) is 11.4. The summed E-state index contributed by atoms with van der Waals surface area (Å²) in [6.45, 7) is 4.85. The van der Waals surface area contributed by atoms with Crippen molar-refractivity contribution in [2.24, 2.45) is 0 Å². The lowest BCUT2D eigenvalue weighted by atomic mass is 9.68. The van der Waals surface area contributed by atoms with Gasteiger partial charge in [-0.3, -0.25) is 4.79 Å². The normalized spacial score (nSPS) is 24.6. The molecule has 2 aromatic rings. The van der Waals surface area contributed by atoms with Crippen LogP contribution < -0.4 is 4.90 Å². The molecule has 1 aromatic carbocycles. The van der Waals surface area contributed by atoms with E-state index in [-0.39, 0.29) is 11.8 Å². The molecule has 0 bridgehead atoms. The first-order chi connectivity index (χ1) is 15.9. The fourth-order valence-electron chi connectivity index (χ4n) is 5.95. The Morgan fingerprint density at radius 1 is 1.06 bits per heavy atom. The van der Waals surface area contributed by atoms with Crippen LogP contribution in [0.1, 0.15) is 74.3 Å². The number of aliphatic hydroxyl groups is 1. The molecule has 1 aliphatic heterocycles. The molecule has 2 aliphatic carbocycles. The zero-order valence-corrected chi connectivity index (χ0v) is 20.4. The Kier molecular flexibility index (Phi) is 6.27. The van der Waals surface area contributed by atoms with Gasteiger partial charge in [-0.15, -0.1) is 0 Å². The number of halogens is 2. The van der Waals surface area contributed by atoms with E-state index in [1.165, 1.54) is 0 Å². The number of hydrogen-bond acceptors (Lipinski definition) is 5. The molecule has 1 N–H and O–H groups in total. The van der Waals surface area contributed by atoms with Gasteiger partial charge in [0.2, 0.25) is 5.91 Å². The summed E-state index contributed by atoms with van der Waals surface area (Å²) in [5.74, 6) is 1.34. The van der Waals surface area contributed by atoms with Gasteiger partial charge in [0.25, 0.3) is 0 Å². The van der Waals surface area contributed by atoms with E-state index in [1.807, 2.05) is 23.1 Å². The molecule has 1 aromatic heterocycles. The van der Waals surface area contributed by atoms with E-state index < -0.39 is 11.5 Å². The summed E-state index contributed by atoms with van der Waals surface area (Å²) < 4.78 is 0. The van der Waals surface area contributed by atoms with Gasteiger partial charge in [0.15, 0.2) is 0 Å². The molecule has 2 heterocycles. The fourth-order valence-corrected chi connectivity index (χ4v) is 6.25. The number of anilines is 1. The van der Waals surface area contributed by atoms with Crippen LogP contribution in [0.4, 0.5) is 5.82 Å². The van der Waals surface area contributed by atoms with Crippen molar-refractivity contribution in [3.05, 3.63) is 51.4 Å². The minimum atomic E-state index is -0.524. The van der Waals surface area contributed by atoms with Gasteiger partial charge < -0.3 is 14.9 Å². The van der Waals surface area contributed by atoms with Crippen LogP contribution in [0, 0.1) is 0 Å². The Bertz CT molecular complexity index is 1050. The van der Waals surface area contributed by atoms with Gasteiger partial charge in [-0.25, -0.2) is 9.97 Å². The molecule has 3 aliphatic rings. The van der Waals surface area contributed by atoms with Crippen LogP contribution in [-0.2, 0) is 10.2 Å². The van der Waals surface area contributed by atoms with Crippen LogP contribution in [-0.4, -0.2) is 52.1 Å². The second kappa shape index (κ2) is 9.05. The highest BCUT2D eigenvalue weighted by Gasteiger charge is 2.44. The number of nitrogens with zero attached hydrogens (tertiary/aromatic N) is 4. The van der Waals surface area contributed by atoms with E-state index in [1.54, 1.807) is 6.33 Å². The Hall–Kier alpha value is -1.89. The van der Waals surface area contributed by atoms with Gasteiger partial charge >= 0.3 is 0 Å². The molecule has 2 atom stereocenters. The number of hydrogen-bond donors (Lipinski definition) is 1. The maximum absolute atomic E-state index is 14.0. The van der Waals surface area contributed by atoms with E-state index in [0.29, 0.717) is 29.6 Å². The molecule has 6 nitrogen and oxygen atoms in total. The third kappa shape index (κ3) is 4.00. The molecule has 2 fully saturated rings. The number of piperazine rings is 1. The maximum atomic E-state index is 14.0. The predicted octanol–water partition coefficient (Wildman–Crippen LogP) is 4.87. The molecular formula is C25H30Cl2N4O2. The third-order valence-electron chi connectivity index (χ3n) is 7.73. The minimum absolute atomic E-state index is 0.206. The van der Waals surface area contributed by atoms with E-state index in [0.717, 1.165) is 67.8 Å². The Balaban J connectivity index is 1.36.